The van der Waals surface area contributed by atoms with E-state index < -0.39 is 0 Å². The van der Waals surface area contributed by atoms with Crippen molar-refractivity contribution in [2.75, 3.05) is 13.1 Å². The monoisotopic (exact) mass is 257 g/mol. The summed E-state index contributed by atoms with van der Waals surface area (Å²) in [5.41, 5.74) is 1.23. The molecule has 0 radical (unpaired) electrons. The Bertz CT molecular complexity index is 321. The van der Waals surface area contributed by atoms with E-state index in [-0.39, 0.29) is 5.82 Å². The van der Waals surface area contributed by atoms with Gasteiger partial charge in [-0.25, -0.2) is 4.39 Å². The molecule has 1 aliphatic rings. The van der Waals surface area contributed by atoms with E-state index >= 15 is 0 Å². The molecule has 14 heavy (non-hydrogen) atoms. The molecular formula is C11H13BrFN. The van der Waals surface area contributed by atoms with Gasteiger partial charge in [0.25, 0.3) is 0 Å². The first-order valence-electron chi connectivity index (χ1n) is 4.93. The van der Waals surface area contributed by atoms with Gasteiger partial charge in [-0.2, -0.15) is 0 Å². The minimum absolute atomic E-state index is 0.183. The zero-order chi connectivity index (χ0) is 9.97. The molecule has 0 bridgehead atoms. The summed E-state index contributed by atoms with van der Waals surface area (Å²) in [6.45, 7) is 2.12. The lowest BCUT2D eigenvalue weighted by Crippen LogP contribution is -2.28. The molecule has 2 rings (SSSR count). The highest BCUT2D eigenvalue weighted by molar-refractivity contribution is 9.10. The van der Waals surface area contributed by atoms with E-state index in [1.165, 1.54) is 24.5 Å². The van der Waals surface area contributed by atoms with Crippen molar-refractivity contribution in [1.82, 2.24) is 5.32 Å². The highest BCUT2D eigenvalue weighted by atomic mass is 79.9. The smallest absolute Gasteiger partial charge is 0.137 e. The zero-order valence-electron chi connectivity index (χ0n) is 7.89. The van der Waals surface area contributed by atoms with Crippen LogP contribution in [0.15, 0.2) is 22.7 Å². The molecule has 1 aliphatic heterocycles. The van der Waals surface area contributed by atoms with Crippen LogP contribution in [-0.2, 0) is 0 Å². The molecule has 1 heterocycles. The lowest BCUT2D eigenvalue weighted by molar-refractivity contribution is 0.461. The van der Waals surface area contributed by atoms with Crippen LogP contribution >= 0.6 is 15.9 Å². The molecule has 1 aromatic rings. The molecule has 0 amide bonds. The quantitative estimate of drug-likeness (QED) is 0.816. The van der Waals surface area contributed by atoms with E-state index in [2.05, 4.69) is 21.2 Å². The van der Waals surface area contributed by atoms with Gasteiger partial charge in [0.2, 0.25) is 0 Å². The molecule has 0 aliphatic carbocycles. The maximum Gasteiger partial charge on any atom is 0.137 e. The Morgan fingerprint density at radius 3 is 2.93 bits per heavy atom. The minimum atomic E-state index is -0.183. The molecule has 1 fully saturated rings. The summed E-state index contributed by atoms with van der Waals surface area (Å²) in [7, 11) is 0. The summed E-state index contributed by atoms with van der Waals surface area (Å²) in [4.78, 5) is 0. The number of piperidine rings is 1. The highest BCUT2D eigenvalue weighted by Gasteiger charge is 2.15. The summed E-state index contributed by atoms with van der Waals surface area (Å²) >= 11 is 3.22. The Morgan fingerprint density at radius 1 is 1.43 bits per heavy atom. The Morgan fingerprint density at radius 2 is 2.29 bits per heavy atom. The Kier molecular flexibility index (Phi) is 3.19. The second kappa shape index (κ2) is 4.41. The van der Waals surface area contributed by atoms with Crippen LogP contribution < -0.4 is 5.32 Å². The predicted octanol–water partition coefficient (Wildman–Crippen LogP) is 3.06. The number of hydrogen-bond donors (Lipinski definition) is 1. The van der Waals surface area contributed by atoms with Crippen LogP contribution in [0.5, 0.6) is 0 Å². The summed E-state index contributed by atoms with van der Waals surface area (Å²) in [5.74, 6) is 0.359. The summed E-state index contributed by atoms with van der Waals surface area (Å²) in [6.07, 6.45) is 2.41. The van der Waals surface area contributed by atoms with Crippen LogP contribution in [0.3, 0.4) is 0 Å². The SMILES string of the molecule is Fc1ccc([C@@H]2CCCNC2)cc1Br. The molecule has 0 unspecified atom stereocenters. The fourth-order valence-electron chi connectivity index (χ4n) is 1.90. The third-order valence-corrected chi connectivity index (χ3v) is 3.32. The number of nitrogens with one attached hydrogen (secondary N) is 1. The summed E-state index contributed by atoms with van der Waals surface area (Å²) in [6, 6.07) is 5.32. The van der Waals surface area contributed by atoms with Crippen molar-refractivity contribution in [2.24, 2.45) is 0 Å². The van der Waals surface area contributed by atoms with Crippen molar-refractivity contribution < 1.29 is 4.39 Å². The topological polar surface area (TPSA) is 12.0 Å². The average Bonchev–Trinajstić information content (AvgIpc) is 2.23. The van der Waals surface area contributed by atoms with Gasteiger partial charge in [0.05, 0.1) is 4.47 Å². The maximum atomic E-state index is 13.0. The van der Waals surface area contributed by atoms with Gasteiger partial charge in [-0.1, -0.05) is 6.07 Å². The summed E-state index contributed by atoms with van der Waals surface area (Å²) < 4.78 is 13.6. The Hall–Kier alpha value is -0.410. The van der Waals surface area contributed by atoms with Crippen molar-refractivity contribution in [3.8, 4) is 0 Å². The maximum absolute atomic E-state index is 13.0. The predicted molar refractivity (Wildman–Crippen MR) is 58.9 cm³/mol. The fourth-order valence-corrected chi connectivity index (χ4v) is 2.30. The average molecular weight is 258 g/mol. The largest absolute Gasteiger partial charge is 0.316 e. The van der Waals surface area contributed by atoms with Crippen molar-refractivity contribution in [2.45, 2.75) is 18.8 Å². The van der Waals surface area contributed by atoms with Crippen molar-refractivity contribution >= 4 is 15.9 Å². The van der Waals surface area contributed by atoms with E-state index in [1.807, 2.05) is 12.1 Å². The number of hydrogen-bond acceptors (Lipinski definition) is 1. The van der Waals surface area contributed by atoms with E-state index in [0.717, 1.165) is 13.1 Å². The standard InChI is InChI=1S/C11H13BrFN/c12-10-6-8(3-4-11(10)13)9-2-1-5-14-7-9/h3-4,6,9,14H,1-2,5,7H2/t9-/m1/s1. The van der Waals surface area contributed by atoms with Gasteiger partial charge in [0, 0.05) is 6.54 Å². The lowest BCUT2D eigenvalue weighted by atomic mass is 9.92. The molecule has 1 saturated heterocycles. The second-order valence-corrected chi connectivity index (χ2v) is 4.57. The van der Waals surface area contributed by atoms with Gasteiger partial charge in [-0.3, -0.25) is 0 Å². The molecule has 0 spiro atoms. The first-order valence-corrected chi connectivity index (χ1v) is 5.72. The van der Waals surface area contributed by atoms with Gasteiger partial charge in [-0.05, 0) is 58.9 Å². The number of rotatable bonds is 1. The van der Waals surface area contributed by atoms with Crippen LogP contribution in [0.25, 0.3) is 0 Å². The van der Waals surface area contributed by atoms with E-state index in [4.69, 9.17) is 0 Å². The molecule has 1 aromatic carbocycles. The Labute approximate surface area is 91.8 Å². The van der Waals surface area contributed by atoms with E-state index in [9.17, 15) is 4.39 Å². The molecule has 1 nitrogen and oxygen atoms in total. The second-order valence-electron chi connectivity index (χ2n) is 3.72. The third kappa shape index (κ3) is 2.15. The highest BCUT2D eigenvalue weighted by Crippen LogP contribution is 2.26. The first kappa shape index (κ1) is 10.1. The fraction of sp³-hybridized carbons (Fsp3) is 0.455. The third-order valence-electron chi connectivity index (χ3n) is 2.71. The van der Waals surface area contributed by atoms with Crippen LogP contribution in [0, 0.1) is 5.82 Å². The van der Waals surface area contributed by atoms with Crippen molar-refractivity contribution in [1.29, 1.82) is 0 Å². The molecule has 0 aromatic heterocycles. The van der Waals surface area contributed by atoms with E-state index in [0.29, 0.717) is 10.4 Å². The van der Waals surface area contributed by atoms with Crippen LogP contribution in [0.1, 0.15) is 24.3 Å². The molecule has 3 heteroatoms. The molecule has 0 saturated carbocycles. The van der Waals surface area contributed by atoms with Crippen molar-refractivity contribution in [3.63, 3.8) is 0 Å². The molecule has 1 N–H and O–H groups in total. The van der Waals surface area contributed by atoms with Crippen LogP contribution in [0.4, 0.5) is 4.39 Å². The van der Waals surface area contributed by atoms with Gasteiger partial charge < -0.3 is 5.32 Å². The van der Waals surface area contributed by atoms with Gasteiger partial charge in [0.1, 0.15) is 5.82 Å². The van der Waals surface area contributed by atoms with Gasteiger partial charge >= 0.3 is 0 Å². The van der Waals surface area contributed by atoms with Crippen molar-refractivity contribution in [3.05, 3.63) is 34.1 Å². The molecule has 1 atom stereocenters. The van der Waals surface area contributed by atoms with Crippen LogP contribution in [-0.4, -0.2) is 13.1 Å². The lowest BCUT2D eigenvalue weighted by Gasteiger charge is -2.23. The normalized spacial score (nSPS) is 22.3. The van der Waals surface area contributed by atoms with Gasteiger partial charge in [0.15, 0.2) is 0 Å². The van der Waals surface area contributed by atoms with E-state index in [1.54, 1.807) is 0 Å². The zero-order valence-corrected chi connectivity index (χ0v) is 9.48. The molecular weight excluding hydrogens is 245 g/mol. The summed E-state index contributed by atoms with van der Waals surface area (Å²) in [5, 5.41) is 3.36. The van der Waals surface area contributed by atoms with Crippen LogP contribution in [0.2, 0.25) is 0 Å². The number of halogens is 2. The first-order chi connectivity index (χ1) is 6.77. The van der Waals surface area contributed by atoms with Gasteiger partial charge in [-0.15, -0.1) is 0 Å². The number of benzene rings is 1. The molecule has 76 valence electrons. The minimum Gasteiger partial charge on any atom is -0.316 e. The Balaban J connectivity index is 2.18.